The fourth-order valence-corrected chi connectivity index (χ4v) is 3.03. The number of nitrogens with one attached hydrogen (secondary N) is 1. The van der Waals surface area contributed by atoms with Crippen LogP contribution >= 0.6 is 11.6 Å². The Morgan fingerprint density at radius 1 is 1.00 bits per heavy atom. The van der Waals surface area contributed by atoms with Crippen LogP contribution in [0.3, 0.4) is 0 Å². The van der Waals surface area contributed by atoms with Crippen molar-refractivity contribution in [2.45, 2.75) is 0 Å². The van der Waals surface area contributed by atoms with Crippen molar-refractivity contribution in [2.24, 2.45) is 5.10 Å². The summed E-state index contributed by atoms with van der Waals surface area (Å²) in [6.45, 7) is 0. The van der Waals surface area contributed by atoms with Gasteiger partial charge >= 0.3 is 0 Å². The zero-order valence-electron chi connectivity index (χ0n) is 14.6. The summed E-state index contributed by atoms with van der Waals surface area (Å²) < 4.78 is 5.53. The number of phenols is 1. The number of hydrazone groups is 1. The number of benzene rings is 3. The Morgan fingerprint density at radius 3 is 2.43 bits per heavy atom. The molecular formula is C22H15ClN2O3. The van der Waals surface area contributed by atoms with Gasteiger partial charge in [0.05, 0.1) is 17.3 Å². The van der Waals surface area contributed by atoms with Crippen LogP contribution in [0.5, 0.6) is 5.75 Å². The Bertz CT molecular complexity index is 1180. The molecule has 0 saturated carbocycles. The Balaban J connectivity index is 1.52. The van der Waals surface area contributed by atoms with Crippen molar-refractivity contribution in [3.05, 3.63) is 89.1 Å². The molecule has 0 aliphatic carbocycles. The van der Waals surface area contributed by atoms with E-state index in [2.05, 4.69) is 10.5 Å². The molecule has 6 heteroatoms. The number of hydrogen-bond donors (Lipinski definition) is 2. The van der Waals surface area contributed by atoms with E-state index in [1.54, 1.807) is 18.2 Å². The fraction of sp³-hybridized carbons (Fsp3) is 0. The third kappa shape index (κ3) is 3.61. The minimum absolute atomic E-state index is 0.112. The molecule has 0 spiro atoms. The van der Waals surface area contributed by atoms with E-state index in [1.165, 1.54) is 6.21 Å². The lowest BCUT2D eigenvalue weighted by Crippen LogP contribution is -2.17. The first-order valence-electron chi connectivity index (χ1n) is 8.52. The first kappa shape index (κ1) is 17.8. The van der Waals surface area contributed by atoms with Crippen LogP contribution in [0, 0.1) is 0 Å². The van der Waals surface area contributed by atoms with Crippen LogP contribution in [0.1, 0.15) is 15.9 Å². The Morgan fingerprint density at radius 2 is 1.68 bits per heavy atom. The summed E-state index contributed by atoms with van der Waals surface area (Å²) in [6, 6.07) is 21.9. The molecule has 0 unspecified atom stereocenters. The Kier molecular flexibility index (Phi) is 4.83. The number of carbonyl (C=O) groups is 1. The smallest absolute Gasteiger partial charge is 0.275 e. The molecule has 0 radical (unpaired) electrons. The lowest BCUT2D eigenvalue weighted by molar-refractivity contribution is 0.0952. The standard InChI is InChI=1S/C22H15ClN2O3/c23-21-17(12-20(28-21)14-6-2-1-3-7-14)13-24-25-22(27)18-10-15-8-4-5-9-16(15)11-19(18)26/h1-13,26H,(H,25,27)/b24-13+. The summed E-state index contributed by atoms with van der Waals surface area (Å²) in [5.41, 5.74) is 3.95. The van der Waals surface area contributed by atoms with Crippen molar-refractivity contribution >= 4 is 34.5 Å². The van der Waals surface area contributed by atoms with Crippen LogP contribution in [0.15, 0.2) is 82.3 Å². The van der Waals surface area contributed by atoms with Gasteiger partial charge in [-0.2, -0.15) is 5.10 Å². The highest BCUT2D eigenvalue weighted by Gasteiger charge is 2.13. The van der Waals surface area contributed by atoms with Gasteiger partial charge < -0.3 is 9.52 Å². The largest absolute Gasteiger partial charge is 0.507 e. The van der Waals surface area contributed by atoms with Crippen molar-refractivity contribution in [1.29, 1.82) is 0 Å². The maximum Gasteiger partial charge on any atom is 0.275 e. The maximum absolute atomic E-state index is 12.4. The van der Waals surface area contributed by atoms with Gasteiger partial charge in [-0.15, -0.1) is 0 Å². The summed E-state index contributed by atoms with van der Waals surface area (Å²) in [7, 11) is 0. The number of aromatic hydroxyl groups is 1. The van der Waals surface area contributed by atoms with E-state index in [0.29, 0.717) is 11.3 Å². The summed E-state index contributed by atoms with van der Waals surface area (Å²) in [4.78, 5) is 12.4. The number of amides is 1. The maximum atomic E-state index is 12.4. The van der Waals surface area contributed by atoms with Crippen molar-refractivity contribution in [1.82, 2.24) is 5.43 Å². The number of fused-ring (bicyclic) bond motifs is 1. The van der Waals surface area contributed by atoms with Gasteiger partial charge in [-0.3, -0.25) is 4.79 Å². The van der Waals surface area contributed by atoms with Crippen molar-refractivity contribution in [3.63, 3.8) is 0 Å². The number of carbonyl (C=O) groups excluding carboxylic acids is 1. The van der Waals surface area contributed by atoms with Crippen LogP contribution in [-0.2, 0) is 0 Å². The third-order valence-electron chi connectivity index (χ3n) is 4.25. The third-order valence-corrected chi connectivity index (χ3v) is 4.55. The predicted molar refractivity (Wildman–Crippen MR) is 110 cm³/mol. The average Bonchev–Trinajstić information content (AvgIpc) is 3.08. The highest BCUT2D eigenvalue weighted by molar-refractivity contribution is 6.31. The molecule has 4 rings (SSSR count). The molecule has 0 bridgehead atoms. The van der Waals surface area contributed by atoms with Crippen molar-refractivity contribution in [2.75, 3.05) is 0 Å². The molecule has 4 aromatic rings. The van der Waals surface area contributed by atoms with E-state index in [9.17, 15) is 9.90 Å². The molecule has 5 nitrogen and oxygen atoms in total. The minimum atomic E-state index is -0.526. The van der Waals surface area contributed by atoms with Gasteiger partial charge in [-0.25, -0.2) is 5.43 Å². The molecule has 0 saturated heterocycles. The SMILES string of the molecule is O=C(N/N=C/c1cc(-c2ccccc2)oc1Cl)c1cc2ccccc2cc1O. The van der Waals surface area contributed by atoms with E-state index in [0.717, 1.165) is 16.3 Å². The molecule has 1 aromatic heterocycles. The second-order valence-electron chi connectivity index (χ2n) is 6.12. The van der Waals surface area contributed by atoms with Gasteiger partial charge in [-0.1, -0.05) is 54.6 Å². The number of halogens is 1. The molecule has 0 fully saturated rings. The van der Waals surface area contributed by atoms with Crippen LogP contribution in [0.2, 0.25) is 5.22 Å². The second-order valence-corrected chi connectivity index (χ2v) is 6.46. The van der Waals surface area contributed by atoms with Crippen LogP contribution in [0.4, 0.5) is 0 Å². The van der Waals surface area contributed by atoms with Crippen molar-refractivity contribution < 1.29 is 14.3 Å². The molecule has 1 amide bonds. The van der Waals surface area contributed by atoms with Crippen molar-refractivity contribution in [3.8, 4) is 17.1 Å². The van der Waals surface area contributed by atoms with Gasteiger partial charge in [-0.05, 0) is 40.6 Å². The van der Waals surface area contributed by atoms with Gasteiger partial charge in [0, 0.05) is 5.56 Å². The first-order chi connectivity index (χ1) is 13.6. The molecule has 0 atom stereocenters. The normalized spacial score (nSPS) is 11.2. The predicted octanol–water partition coefficient (Wildman–Crippen LogP) is 5.22. The van der Waals surface area contributed by atoms with Crippen LogP contribution < -0.4 is 5.43 Å². The number of rotatable bonds is 4. The molecule has 1 heterocycles. The highest BCUT2D eigenvalue weighted by atomic mass is 35.5. The average molecular weight is 391 g/mol. The quantitative estimate of drug-likeness (QED) is 0.370. The van der Waals surface area contributed by atoms with Gasteiger partial charge in [0.15, 0.2) is 0 Å². The van der Waals surface area contributed by atoms with Gasteiger partial charge in [0.25, 0.3) is 5.91 Å². The zero-order valence-corrected chi connectivity index (χ0v) is 15.4. The molecule has 0 aliphatic heterocycles. The topological polar surface area (TPSA) is 74.8 Å². The molecule has 138 valence electrons. The first-order valence-corrected chi connectivity index (χ1v) is 8.89. The fourth-order valence-electron chi connectivity index (χ4n) is 2.85. The van der Waals surface area contributed by atoms with Gasteiger partial charge in [0.1, 0.15) is 11.5 Å². The summed E-state index contributed by atoms with van der Waals surface area (Å²) in [5, 5.41) is 15.9. The second kappa shape index (κ2) is 7.58. The minimum Gasteiger partial charge on any atom is -0.507 e. The number of nitrogens with zero attached hydrogens (tertiary/aromatic N) is 1. The Hall–Kier alpha value is -3.57. The molecular weight excluding hydrogens is 376 g/mol. The number of phenolic OH excluding ortho intramolecular Hbond substituents is 1. The summed E-state index contributed by atoms with van der Waals surface area (Å²) in [6.07, 6.45) is 1.40. The molecule has 3 aromatic carbocycles. The number of hydrogen-bond acceptors (Lipinski definition) is 4. The highest BCUT2D eigenvalue weighted by Crippen LogP contribution is 2.28. The Labute approximate surface area is 165 Å². The summed E-state index contributed by atoms with van der Waals surface area (Å²) in [5.74, 6) is -0.0351. The zero-order chi connectivity index (χ0) is 19.5. The van der Waals surface area contributed by atoms with E-state index in [4.69, 9.17) is 16.0 Å². The number of furan rings is 1. The molecule has 0 aliphatic rings. The lowest BCUT2D eigenvalue weighted by atomic mass is 10.1. The van der Waals surface area contributed by atoms with Gasteiger partial charge in [0.2, 0.25) is 5.22 Å². The van der Waals surface area contributed by atoms with Crippen LogP contribution in [-0.4, -0.2) is 17.2 Å². The molecule has 28 heavy (non-hydrogen) atoms. The van der Waals surface area contributed by atoms with E-state index < -0.39 is 5.91 Å². The molecule has 2 N–H and O–H groups in total. The summed E-state index contributed by atoms with van der Waals surface area (Å²) >= 11 is 6.11. The lowest BCUT2D eigenvalue weighted by Gasteiger charge is -2.05. The van der Waals surface area contributed by atoms with E-state index in [-0.39, 0.29) is 16.5 Å². The van der Waals surface area contributed by atoms with E-state index in [1.807, 2.05) is 54.6 Å². The monoisotopic (exact) mass is 390 g/mol. The van der Waals surface area contributed by atoms with E-state index >= 15 is 0 Å². The van der Waals surface area contributed by atoms with Crippen LogP contribution in [0.25, 0.3) is 22.1 Å².